The molecule has 2 atom stereocenters. The van der Waals surface area contributed by atoms with E-state index >= 15 is 0 Å². The lowest BCUT2D eigenvalue weighted by atomic mass is 9.94. The highest BCUT2D eigenvalue weighted by Gasteiger charge is 2.34. The number of benzene rings is 1. The van der Waals surface area contributed by atoms with Crippen LogP contribution in [0.5, 0.6) is 0 Å². The minimum absolute atomic E-state index is 0.0725. The third-order valence-electron chi connectivity index (χ3n) is 6.23. The quantitative estimate of drug-likeness (QED) is 0.525. The van der Waals surface area contributed by atoms with Gasteiger partial charge in [0, 0.05) is 11.6 Å². The molecule has 2 aliphatic carbocycles. The lowest BCUT2D eigenvalue weighted by molar-refractivity contribution is -0.131. The van der Waals surface area contributed by atoms with E-state index in [2.05, 4.69) is 5.32 Å². The summed E-state index contributed by atoms with van der Waals surface area (Å²) in [6.07, 6.45) is 9.73. The van der Waals surface area contributed by atoms with E-state index < -0.39 is 11.8 Å². The molecule has 0 aromatic heterocycles. The van der Waals surface area contributed by atoms with Crippen LogP contribution < -0.4 is 10.8 Å². The number of rotatable bonds is 3. The van der Waals surface area contributed by atoms with Gasteiger partial charge in [0.25, 0.3) is 5.91 Å². The van der Waals surface area contributed by atoms with Crippen molar-refractivity contribution in [1.29, 1.82) is 0 Å². The maximum Gasteiger partial charge on any atom is 0.318 e. The van der Waals surface area contributed by atoms with Crippen molar-refractivity contribution in [2.45, 2.75) is 50.6 Å². The fourth-order valence-electron chi connectivity index (χ4n) is 4.50. The summed E-state index contributed by atoms with van der Waals surface area (Å²) in [7, 11) is 0. The number of nitrogens with zero attached hydrogens (tertiary/aromatic N) is 1. The lowest BCUT2D eigenvalue weighted by Crippen LogP contribution is -2.47. The van der Waals surface area contributed by atoms with Gasteiger partial charge in [0.05, 0.1) is 18.5 Å². The third-order valence-corrected chi connectivity index (χ3v) is 6.23. The van der Waals surface area contributed by atoms with Crippen molar-refractivity contribution >= 4 is 11.9 Å². The Bertz CT molecular complexity index is 830. The van der Waals surface area contributed by atoms with Gasteiger partial charge in [0.15, 0.2) is 0 Å². The number of fused-ring (bicyclic) bond motifs is 1. The fraction of sp³-hybridized carbons (Fsp3) is 0.478. The Morgan fingerprint density at radius 2 is 1.87 bits per heavy atom. The van der Waals surface area contributed by atoms with Gasteiger partial charge in [-0.3, -0.25) is 10.0 Å². The van der Waals surface area contributed by atoms with E-state index in [-0.39, 0.29) is 18.1 Å². The molecule has 0 bridgehead atoms. The molecule has 2 fully saturated rings. The van der Waals surface area contributed by atoms with Crippen molar-refractivity contribution in [1.82, 2.24) is 15.7 Å². The summed E-state index contributed by atoms with van der Waals surface area (Å²) in [6, 6.07) is 9.82. The summed E-state index contributed by atoms with van der Waals surface area (Å²) < 4.78 is 6.08. The Balaban J connectivity index is 1.58. The number of amides is 3. The number of hydroxylamine groups is 1. The molecular weight excluding hydrogens is 382 g/mol. The number of carbonyl (C=O) groups is 2. The lowest BCUT2D eigenvalue weighted by Gasteiger charge is -2.32. The zero-order valence-electron chi connectivity index (χ0n) is 17.0. The van der Waals surface area contributed by atoms with Gasteiger partial charge in [-0.25, -0.2) is 10.3 Å². The Kier molecular flexibility index (Phi) is 6.38. The van der Waals surface area contributed by atoms with Crippen molar-refractivity contribution in [2.75, 3.05) is 13.2 Å². The van der Waals surface area contributed by atoms with Crippen LogP contribution in [0.3, 0.4) is 0 Å². The third kappa shape index (κ3) is 4.51. The van der Waals surface area contributed by atoms with Gasteiger partial charge in [-0.1, -0.05) is 55.7 Å². The van der Waals surface area contributed by atoms with E-state index in [1.54, 1.807) is 11.6 Å². The van der Waals surface area contributed by atoms with Gasteiger partial charge in [0.2, 0.25) is 0 Å². The first kappa shape index (κ1) is 20.5. The summed E-state index contributed by atoms with van der Waals surface area (Å²) in [4.78, 5) is 27.0. The average molecular weight is 412 g/mol. The van der Waals surface area contributed by atoms with Crippen molar-refractivity contribution in [2.24, 2.45) is 5.92 Å². The highest BCUT2D eigenvalue weighted by molar-refractivity contribution is 5.80. The second-order valence-corrected chi connectivity index (χ2v) is 8.23. The molecule has 30 heavy (non-hydrogen) atoms. The van der Waals surface area contributed by atoms with E-state index in [0.717, 1.165) is 36.8 Å². The smallest absolute Gasteiger partial charge is 0.318 e. The molecule has 1 aromatic carbocycles. The molecule has 1 unspecified atom stereocenters. The molecule has 7 nitrogen and oxygen atoms in total. The van der Waals surface area contributed by atoms with Crippen LogP contribution in [0, 0.1) is 5.92 Å². The zero-order chi connectivity index (χ0) is 20.9. The van der Waals surface area contributed by atoms with Gasteiger partial charge >= 0.3 is 6.03 Å². The summed E-state index contributed by atoms with van der Waals surface area (Å²) in [5, 5.41) is 12.2. The van der Waals surface area contributed by atoms with Crippen LogP contribution >= 0.6 is 0 Å². The second-order valence-electron chi connectivity index (χ2n) is 8.23. The summed E-state index contributed by atoms with van der Waals surface area (Å²) in [5.41, 5.74) is 3.62. The molecule has 1 aliphatic heterocycles. The maximum atomic E-state index is 13.3. The molecule has 3 aliphatic rings. The van der Waals surface area contributed by atoms with Crippen LogP contribution in [0.15, 0.2) is 53.8 Å². The predicted octanol–water partition coefficient (Wildman–Crippen LogP) is 3.44. The van der Waals surface area contributed by atoms with E-state index in [0.29, 0.717) is 25.3 Å². The molecule has 1 heterocycles. The first-order chi connectivity index (χ1) is 14.7. The summed E-state index contributed by atoms with van der Waals surface area (Å²) in [6.45, 7) is 0.718. The van der Waals surface area contributed by atoms with Crippen LogP contribution in [-0.4, -0.2) is 41.2 Å². The fourth-order valence-corrected chi connectivity index (χ4v) is 4.50. The van der Waals surface area contributed by atoms with Crippen LogP contribution in [0.1, 0.15) is 50.1 Å². The number of hydrogen-bond acceptors (Lipinski definition) is 4. The van der Waals surface area contributed by atoms with Crippen LogP contribution in [0.25, 0.3) is 0 Å². The van der Waals surface area contributed by atoms with Crippen molar-refractivity contribution in [3.05, 3.63) is 59.4 Å². The molecule has 1 saturated heterocycles. The molecule has 4 rings (SSSR count). The average Bonchev–Trinajstić information content (AvgIpc) is 2.99. The molecule has 160 valence electrons. The number of urea groups is 1. The van der Waals surface area contributed by atoms with Gasteiger partial charge in [0.1, 0.15) is 12.4 Å². The highest BCUT2D eigenvalue weighted by Crippen LogP contribution is 2.33. The molecular formula is C23H29N3O4. The molecule has 3 N–H and O–H groups in total. The van der Waals surface area contributed by atoms with E-state index in [9.17, 15) is 9.59 Å². The number of ether oxygens (including phenoxy) is 1. The minimum atomic E-state index is -0.480. The minimum Gasteiger partial charge on any atom is -0.491 e. The van der Waals surface area contributed by atoms with E-state index in [1.807, 2.05) is 41.3 Å². The predicted molar refractivity (Wildman–Crippen MR) is 111 cm³/mol. The van der Waals surface area contributed by atoms with Gasteiger partial charge in [-0.2, -0.15) is 0 Å². The standard InChI is InChI=1S/C23H29N3O4/c27-22(25-29)17-11-12-18-14-26(23(28)24-19-9-5-2-6-10-19)20(15-30-21(18)13-17)16-7-3-1-4-8-16/h1,3-4,7-8,12-13,17,19-20,29H,2,5-6,9-11,14-15H2,(H,24,28)(H,25,27)/t17?,20-/m1/s1. The van der Waals surface area contributed by atoms with E-state index in [4.69, 9.17) is 9.94 Å². The Hall–Kier alpha value is -2.80. The summed E-state index contributed by atoms with van der Waals surface area (Å²) >= 11 is 0. The maximum absolute atomic E-state index is 13.3. The van der Waals surface area contributed by atoms with Gasteiger partial charge < -0.3 is 15.0 Å². The Labute approximate surface area is 176 Å². The molecule has 7 heteroatoms. The summed E-state index contributed by atoms with van der Waals surface area (Å²) in [5.74, 6) is -0.326. The SMILES string of the molecule is O=C(NO)C1C=C2OC[C@H](c3ccccc3)N(C(=O)NC3CCCCC3)CC2=CC1. The monoisotopic (exact) mass is 411 g/mol. The topological polar surface area (TPSA) is 90.9 Å². The number of carbonyl (C=O) groups excluding carboxylic acids is 2. The molecule has 3 amide bonds. The van der Waals surface area contributed by atoms with Crippen molar-refractivity contribution < 1.29 is 19.5 Å². The number of hydrogen-bond donors (Lipinski definition) is 3. The molecule has 0 spiro atoms. The second kappa shape index (κ2) is 9.34. The normalized spacial score (nSPS) is 24.5. The van der Waals surface area contributed by atoms with Crippen LogP contribution in [0.2, 0.25) is 0 Å². The molecule has 0 radical (unpaired) electrons. The first-order valence-corrected chi connectivity index (χ1v) is 10.8. The Morgan fingerprint density at radius 1 is 1.10 bits per heavy atom. The van der Waals surface area contributed by atoms with Crippen LogP contribution in [-0.2, 0) is 9.53 Å². The van der Waals surface area contributed by atoms with Crippen molar-refractivity contribution in [3.63, 3.8) is 0 Å². The van der Waals surface area contributed by atoms with Gasteiger partial charge in [-0.05, 0) is 30.9 Å². The highest BCUT2D eigenvalue weighted by atomic mass is 16.5. The van der Waals surface area contributed by atoms with Gasteiger partial charge in [-0.15, -0.1) is 0 Å². The van der Waals surface area contributed by atoms with E-state index in [1.165, 1.54) is 6.42 Å². The zero-order valence-corrected chi connectivity index (χ0v) is 17.0. The molecule has 1 aromatic rings. The Morgan fingerprint density at radius 3 is 2.60 bits per heavy atom. The number of allylic oxidation sites excluding steroid dienone is 1. The molecule has 1 saturated carbocycles. The largest absolute Gasteiger partial charge is 0.491 e. The van der Waals surface area contributed by atoms with Crippen molar-refractivity contribution in [3.8, 4) is 0 Å². The number of nitrogens with one attached hydrogen (secondary N) is 2. The van der Waals surface area contributed by atoms with Crippen LogP contribution in [0.4, 0.5) is 4.79 Å². The first-order valence-electron chi connectivity index (χ1n) is 10.8.